The molecule has 0 saturated carbocycles. The van der Waals surface area contributed by atoms with E-state index in [0.717, 1.165) is 12.8 Å². The summed E-state index contributed by atoms with van der Waals surface area (Å²) in [6, 6.07) is 0. The molecule has 10 heavy (non-hydrogen) atoms. The van der Waals surface area contributed by atoms with Gasteiger partial charge in [0.2, 0.25) is 0 Å². The van der Waals surface area contributed by atoms with Gasteiger partial charge in [-0.1, -0.05) is 0 Å². The molecule has 0 aliphatic carbocycles. The summed E-state index contributed by atoms with van der Waals surface area (Å²) in [5.41, 5.74) is 0. The van der Waals surface area contributed by atoms with Crippen LogP contribution in [0, 0.1) is 0 Å². The van der Waals surface area contributed by atoms with E-state index in [2.05, 4.69) is 12.6 Å². The Kier molecular flexibility index (Phi) is 5.93. The second-order valence-corrected chi connectivity index (χ2v) is 3.19. The lowest BCUT2D eigenvalue weighted by atomic mass is 10.2. The highest BCUT2D eigenvalue weighted by Crippen LogP contribution is 2.09. The Bertz CT molecular complexity index is 108. The third-order valence-electron chi connectivity index (χ3n) is 1.08. The molecule has 0 aliphatic heterocycles. The van der Waals surface area contributed by atoms with E-state index in [1.165, 1.54) is 0 Å². The van der Waals surface area contributed by atoms with Crippen molar-refractivity contribution in [2.45, 2.75) is 24.5 Å². The van der Waals surface area contributed by atoms with Crippen LogP contribution >= 0.6 is 24.2 Å². The maximum atomic E-state index is 10.1. The molecule has 0 amide bonds. The van der Waals surface area contributed by atoms with Gasteiger partial charge in [0.25, 0.3) is 0 Å². The van der Waals surface area contributed by atoms with E-state index < -0.39 is 5.97 Å². The minimum absolute atomic E-state index is 0.0451. The van der Waals surface area contributed by atoms with Crippen molar-refractivity contribution in [3.05, 3.63) is 0 Å². The summed E-state index contributed by atoms with van der Waals surface area (Å²) in [5.74, 6) is -0.217. The first-order chi connectivity index (χ1) is 4.66. The molecule has 0 aliphatic rings. The zero-order valence-corrected chi connectivity index (χ0v) is 7.24. The Hall–Kier alpha value is 0.110. The number of halogens is 1. The first-order valence-corrected chi connectivity index (χ1v) is 4.17. The molecule has 0 heterocycles. The maximum absolute atomic E-state index is 10.1. The first kappa shape index (κ1) is 10.1. The minimum atomic E-state index is -0.797. The summed E-state index contributed by atoms with van der Waals surface area (Å²) in [6.07, 6.45) is 1.74. The monoisotopic (exact) mass is 182 g/mol. The number of carboxylic acids is 1. The van der Waals surface area contributed by atoms with Crippen LogP contribution < -0.4 is 0 Å². The van der Waals surface area contributed by atoms with Gasteiger partial charge in [-0.3, -0.25) is 4.79 Å². The number of hydrogen-bond acceptors (Lipinski definition) is 2. The summed E-state index contributed by atoms with van der Waals surface area (Å²) in [4.78, 5) is 10.1. The Balaban J connectivity index is 3.25. The maximum Gasteiger partial charge on any atom is 0.304 e. The van der Waals surface area contributed by atoms with Gasteiger partial charge in [-0.15, -0.1) is 11.6 Å². The molecule has 2 nitrogen and oxygen atoms in total. The molecule has 0 aromatic heterocycles. The molecular weight excluding hydrogens is 172 g/mol. The fourth-order valence-corrected chi connectivity index (χ4v) is 1.11. The van der Waals surface area contributed by atoms with Crippen molar-refractivity contribution in [1.29, 1.82) is 0 Å². The van der Waals surface area contributed by atoms with Crippen molar-refractivity contribution in [3.63, 3.8) is 0 Å². The van der Waals surface area contributed by atoms with E-state index >= 15 is 0 Å². The van der Waals surface area contributed by atoms with Crippen molar-refractivity contribution < 1.29 is 9.90 Å². The second-order valence-electron chi connectivity index (χ2n) is 2.08. The van der Waals surface area contributed by atoms with Crippen LogP contribution in [0.3, 0.4) is 0 Å². The smallest absolute Gasteiger partial charge is 0.304 e. The van der Waals surface area contributed by atoms with Crippen LogP contribution in [0.25, 0.3) is 0 Å². The lowest BCUT2D eigenvalue weighted by molar-refractivity contribution is -0.136. The summed E-state index contributed by atoms with van der Waals surface area (Å²) >= 11 is 9.46. The largest absolute Gasteiger partial charge is 0.481 e. The number of carbonyl (C=O) groups is 1. The molecule has 60 valence electrons. The number of alkyl halides is 1. The van der Waals surface area contributed by atoms with E-state index in [1.54, 1.807) is 0 Å². The molecule has 1 N–H and O–H groups in total. The topological polar surface area (TPSA) is 37.3 Å². The fraction of sp³-hybridized carbons (Fsp3) is 0.833. The molecule has 0 bridgehead atoms. The normalized spacial score (nSPS) is 13.0. The molecule has 4 heteroatoms. The number of hydrogen-bond donors (Lipinski definition) is 2. The van der Waals surface area contributed by atoms with Crippen molar-refractivity contribution in [3.8, 4) is 0 Å². The van der Waals surface area contributed by atoms with E-state index in [9.17, 15) is 4.79 Å². The van der Waals surface area contributed by atoms with Crippen LogP contribution in [0.4, 0.5) is 0 Å². The lowest BCUT2D eigenvalue weighted by Gasteiger charge is -2.04. The van der Waals surface area contributed by atoms with E-state index in [0.29, 0.717) is 5.88 Å². The Labute approximate surface area is 71.0 Å². The highest BCUT2D eigenvalue weighted by Gasteiger charge is 2.06. The van der Waals surface area contributed by atoms with Gasteiger partial charge >= 0.3 is 5.97 Å². The average Bonchev–Trinajstić information content (AvgIpc) is 1.82. The Morgan fingerprint density at radius 1 is 1.70 bits per heavy atom. The van der Waals surface area contributed by atoms with Gasteiger partial charge in [0, 0.05) is 11.1 Å². The summed E-state index contributed by atoms with van der Waals surface area (Å²) in [6.45, 7) is 0. The van der Waals surface area contributed by atoms with E-state index in [4.69, 9.17) is 16.7 Å². The number of thiol groups is 1. The molecule has 0 saturated heterocycles. The van der Waals surface area contributed by atoms with Crippen LogP contribution in [0.5, 0.6) is 0 Å². The molecule has 1 atom stereocenters. The SMILES string of the molecule is O=C(O)CC(S)CCCCl. The molecule has 0 aromatic carbocycles. The molecule has 0 spiro atoms. The molecule has 0 fully saturated rings. The number of aliphatic carboxylic acids is 1. The second kappa shape index (κ2) is 5.86. The van der Waals surface area contributed by atoms with Crippen molar-refractivity contribution in [1.82, 2.24) is 0 Å². The van der Waals surface area contributed by atoms with Gasteiger partial charge in [0.1, 0.15) is 0 Å². The van der Waals surface area contributed by atoms with Gasteiger partial charge in [-0.25, -0.2) is 0 Å². The average molecular weight is 183 g/mol. The standard InChI is InChI=1S/C6H11ClO2S/c7-3-1-2-5(10)4-6(8)9/h5,10H,1-4H2,(H,8,9). The van der Waals surface area contributed by atoms with E-state index in [-0.39, 0.29) is 11.7 Å². The first-order valence-electron chi connectivity index (χ1n) is 3.12. The molecule has 0 radical (unpaired) electrons. The van der Waals surface area contributed by atoms with Gasteiger partial charge in [0.15, 0.2) is 0 Å². The zero-order chi connectivity index (χ0) is 7.98. The predicted octanol–water partition coefficient (Wildman–Crippen LogP) is 1.78. The van der Waals surface area contributed by atoms with Crippen molar-refractivity contribution in [2.24, 2.45) is 0 Å². The van der Waals surface area contributed by atoms with Crippen LogP contribution in [0.2, 0.25) is 0 Å². The summed E-state index contributed by atoms with van der Waals surface area (Å²) < 4.78 is 0. The van der Waals surface area contributed by atoms with Crippen LogP contribution in [0.15, 0.2) is 0 Å². The molecular formula is C6H11ClO2S. The third kappa shape index (κ3) is 6.23. The molecule has 1 unspecified atom stereocenters. The van der Waals surface area contributed by atoms with Crippen LogP contribution in [-0.2, 0) is 4.79 Å². The Morgan fingerprint density at radius 3 is 2.70 bits per heavy atom. The van der Waals surface area contributed by atoms with Crippen molar-refractivity contribution in [2.75, 3.05) is 5.88 Å². The van der Waals surface area contributed by atoms with Crippen molar-refractivity contribution >= 4 is 30.2 Å². The summed E-state index contributed by atoms with van der Waals surface area (Å²) in [7, 11) is 0. The molecule has 0 aromatic rings. The quantitative estimate of drug-likeness (QED) is 0.503. The van der Waals surface area contributed by atoms with Gasteiger partial charge in [-0.05, 0) is 12.8 Å². The Morgan fingerprint density at radius 2 is 2.30 bits per heavy atom. The fourth-order valence-electron chi connectivity index (χ4n) is 0.616. The highest BCUT2D eigenvalue weighted by atomic mass is 35.5. The molecule has 0 rings (SSSR count). The van der Waals surface area contributed by atoms with Gasteiger partial charge < -0.3 is 5.11 Å². The summed E-state index contributed by atoms with van der Waals surface area (Å²) in [5, 5.41) is 8.26. The van der Waals surface area contributed by atoms with E-state index in [1.807, 2.05) is 0 Å². The van der Waals surface area contributed by atoms with Gasteiger partial charge in [0.05, 0.1) is 6.42 Å². The van der Waals surface area contributed by atoms with Crippen LogP contribution in [-0.4, -0.2) is 22.2 Å². The highest BCUT2D eigenvalue weighted by molar-refractivity contribution is 7.81. The lowest BCUT2D eigenvalue weighted by Crippen LogP contribution is -2.07. The number of rotatable bonds is 5. The third-order valence-corrected chi connectivity index (χ3v) is 1.79. The number of carboxylic acid groups (broad SMARTS) is 1. The van der Waals surface area contributed by atoms with Gasteiger partial charge in [-0.2, -0.15) is 12.6 Å². The predicted molar refractivity (Wildman–Crippen MR) is 45.0 cm³/mol. The van der Waals surface area contributed by atoms with Crippen LogP contribution in [0.1, 0.15) is 19.3 Å². The minimum Gasteiger partial charge on any atom is -0.481 e. The zero-order valence-electron chi connectivity index (χ0n) is 5.59.